The third kappa shape index (κ3) is 2.72. The highest BCUT2D eigenvalue weighted by atomic mass is 32.2. The molecule has 0 aromatic carbocycles. The van der Waals surface area contributed by atoms with E-state index in [1.165, 1.54) is 19.3 Å². The van der Waals surface area contributed by atoms with Crippen molar-refractivity contribution in [2.75, 3.05) is 5.75 Å². The van der Waals surface area contributed by atoms with Gasteiger partial charge in [0.15, 0.2) is 0 Å². The molecule has 0 radical (unpaired) electrons. The van der Waals surface area contributed by atoms with Crippen molar-refractivity contribution in [3.63, 3.8) is 0 Å². The predicted octanol–water partition coefficient (Wildman–Crippen LogP) is 2.44. The second-order valence-corrected chi connectivity index (χ2v) is 8.58. The molecular weight excluding hydrogens is 264 g/mol. The molecule has 4 bridgehead atoms. The largest absolute Gasteiger partial charge is 0.299 e. The Morgan fingerprint density at radius 2 is 1.53 bits per heavy atom. The van der Waals surface area contributed by atoms with E-state index in [1.807, 2.05) is 0 Å². The molecule has 4 nitrogen and oxygen atoms in total. The summed E-state index contributed by atoms with van der Waals surface area (Å²) in [4.78, 5) is 12.5. The van der Waals surface area contributed by atoms with E-state index in [0.29, 0.717) is 6.42 Å². The van der Waals surface area contributed by atoms with Crippen LogP contribution in [0.4, 0.5) is 0 Å². The number of hydrogen-bond donors (Lipinski definition) is 1. The molecule has 19 heavy (non-hydrogen) atoms. The minimum atomic E-state index is -3.93. The Kier molecular flexibility index (Phi) is 3.25. The third-order valence-corrected chi connectivity index (χ3v) is 6.24. The fourth-order valence-corrected chi connectivity index (χ4v) is 5.64. The number of carbonyl (C=O) groups is 1. The first-order chi connectivity index (χ1) is 8.86. The van der Waals surface area contributed by atoms with Crippen LogP contribution in [-0.2, 0) is 14.9 Å². The molecule has 108 valence electrons. The van der Waals surface area contributed by atoms with Crippen molar-refractivity contribution in [1.82, 2.24) is 0 Å². The van der Waals surface area contributed by atoms with Crippen LogP contribution >= 0.6 is 0 Å². The Morgan fingerprint density at radius 3 is 1.95 bits per heavy atom. The van der Waals surface area contributed by atoms with E-state index < -0.39 is 10.1 Å². The van der Waals surface area contributed by atoms with Crippen LogP contribution < -0.4 is 0 Å². The first-order valence-electron chi connectivity index (χ1n) is 7.35. The highest BCUT2D eigenvalue weighted by Crippen LogP contribution is 2.60. The summed E-state index contributed by atoms with van der Waals surface area (Å²) in [7, 11) is -3.93. The maximum atomic E-state index is 12.5. The molecule has 0 aliphatic heterocycles. The van der Waals surface area contributed by atoms with Crippen molar-refractivity contribution < 1.29 is 17.8 Å². The van der Waals surface area contributed by atoms with Gasteiger partial charge in [0, 0.05) is 11.8 Å². The zero-order valence-electron chi connectivity index (χ0n) is 11.2. The van der Waals surface area contributed by atoms with Crippen molar-refractivity contribution in [2.24, 2.45) is 23.2 Å². The Bertz CT molecular complexity index is 444. The average molecular weight is 286 g/mol. The molecule has 1 N–H and O–H groups in total. The predicted molar refractivity (Wildman–Crippen MR) is 71.3 cm³/mol. The molecule has 0 amide bonds. The van der Waals surface area contributed by atoms with E-state index in [9.17, 15) is 13.2 Å². The van der Waals surface area contributed by atoms with Gasteiger partial charge in [-0.05, 0) is 62.7 Å². The Morgan fingerprint density at radius 1 is 1.05 bits per heavy atom. The van der Waals surface area contributed by atoms with Crippen LogP contribution in [0, 0.1) is 23.2 Å². The molecule has 4 rings (SSSR count). The van der Waals surface area contributed by atoms with E-state index in [-0.39, 0.29) is 23.4 Å². The Balaban J connectivity index is 1.63. The van der Waals surface area contributed by atoms with Crippen molar-refractivity contribution in [3.05, 3.63) is 0 Å². The SMILES string of the molecule is O=C(CCCS(=O)(=O)O)C12CC3CC(CC(C3)C1)C2. The molecule has 4 saturated carbocycles. The van der Waals surface area contributed by atoms with Gasteiger partial charge in [-0.3, -0.25) is 9.35 Å². The molecule has 0 aromatic rings. The zero-order chi connectivity index (χ0) is 13.7. The Labute approximate surface area is 114 Å². The van der Waals surface area contributed by atoms with Crippen LogP contribution in [0.2, 0.25) is 0 Å². The van der Waals surface area contributed by atoms with Crippen LogP contribution in [0.1, 0.15) is 51.4 Å². The number of hydrogen-bond acceptors (Lipinski definition) is 3. The normalized spacial score (nSPS) is 40.6. The van der Waals surface area contributed by atoms with Gasteiger partial charge in [0.25, 0.3) is 10.1 Å². The molecule has 4 aliphatic carbocycles. The lowest BCUT2D eigenvalue weighted by Gasteiger charge is -2.56. The van der Waals surface area contributed by atoms with Crippen LogP contribution in [-0.4, -0.2) is 24.5 Å². The summed E-state index contributed by atoms with van der Waals surface area (Å²) in [5, 5.41) is 0. The molecule has 4 aliphatic rings. The molecule has 0 aromatic heterocycles. The van der Waals surface area contributed by atoms with Crippen LogP contribution in [0.5, 0.6) is 0 Å². The fraction of sp³-hybridized carbons (Fsp3) is 0.929. The van der Waals surface area contributed by atoms with Gasteiger partial charge in [-0.15, -0.1) is 0 Å². The molecule has 0 heterocycles. The van der Waals surface area contributed by atoms with Crippen molar-refractivity contribution in [1.29, 1.82) is 0 Å². The number of ketones is 1. The van der Waals surface area contributed by atoms with Gasteiger partial charge in [-0.2, -0.15) is 8.42 Å². The quantitative estimate of drug-likeness (QED) is 0.788. The van der Waals surface area contributed by atoms with E-state index in [0.717, 1.165) is 37.0 Å². The summed E-state index contributed by atoms with van der Waals surface area (Å²) in [5.41, 5.74) is -0.131. The van der Waals surface area contributed by atoms with Crippen LogP contribution in [0.25, 0.3) is 0 Å². The Hall–Kier alpha value is -0.420. The lowest BCUT2D eigenvalue weighted by atomic mass is 9.48. The topological polar surface area (TPSA) is 71.4 Å². The number of rotatable bonds is 5. The summed E-state index contributed by atoms with van der Waals surface area (Å²) < 4.78 is 30.1. The molecule has 5 heteroatoms. The van der Waals surface area contributed by atoms with Gasteiger partial charge in [0.05, 0.1) is 5.75 Å². The van der Waals surface area contributed by atoms with Gasteiger partial charge in [0.2, 0.25) is 0 Å². The van der Waals surface area contributed by atoms with Crippen molar-refractivity contribution >= 4 is 15.9 Å². The summed E-state index contributed by atoms with van der Waals surface area (Å²) >= 11 is 0. The lowest BCUT2D eigenvalue weighted by Crippen LogP contribution is -2.50. The first kappa shape index (κ1) is 13.6. The summed E-state index contributed by atoms with van der Waals surface area (Å²) in [6.45, 7) is 0. The molecular formula is C14H22O4S. The van der Waals surface area contributed by atoms with E-state index in [1.54, 1.807) is 0 Å². The summed E-state index contributed by atoms with van der Waals surface area (Å²) in [6.07, 6.45) is 7.58. The van der Waals surface area contributed by atoms with Crippen LogP contribution in [0.15, 0.2) is 0 Å². The van der Waals surface area contributed by atoms with Gasteiger partial charge in [-0.1, -0.05) is 0 Å². The van der Waals surface area contributed by atoms with Crippen molar-refractivity contribution in [2.45, 2.75) is 51.4 Å². The van der Waals surface area contributed by atoms with E-state index in [2.05, 4.69) is 0 Å². The standard InChI is InChI=1S/C14H22O4S/c15-13(2-1-3-19(16,17)18)14-7-10-4-11(8-14)6-12(5-10)9-14/h10-12H,1-9H2,(H,16,17,18). The second kappa shape index (κ2) is 4.55. The number of Topliss-reactive ketones (excluding diaryl/α,β-unsaturated/α-hetero) is 1. The number of carbonyl (C=O) groups excluding carboxylic acids is 1. The van der Waals surface area contributed by atoms with Gasteiger partial charge in [-0.25, -0.2) is 0 Å². The second-order valence-electron chi connectivity index (χ2n) is 7.01. The maximum absolute atomic E-state index is 12.5. The molecule has 0 atom stereocenters. The molecule has 0 spiro atoms. The molecule has 0 unspecified atom stereocenters. The van der Waals surface area contributed by atoms with Gasteiger partial charge < -0.3 is 0 Å². The van der Waals surface area contributed by atoms with Crippen LogP contribution in [0.3, 0.4) is 0 Å². The minimum Gasteiger partial charge on any atom is -0.299 e. The van der Waals surface area contributed by atoms with Gasteiger partial charge >= 0.3 is 0 Å². The highest BCUT2D eigenvalue weighted by molar-refractivity contribution is 7.85. The molecule has 4 fully saturated rings. The third-order valence-electron chi connectivity index (χ3n) is 5.44. The van der Waals surface area contributed by atoms with E-state index in [4.69, 9.17) is 4.55 Å². The smallest absolute Gasteiger partial charge is 0.264 e. The van der Waals surface area contributed by atoms with Gasteiger partial charge in [0.1, 0.15) is 5.78 Å². The van der Waals surface area contributed by atoms with E-state index >= 15 is 0 Å². The minimum absolute atomic E-state index is 0.131. The maximum Gasteiger partial charge on any atom is 0.264 e. The van der Waals surface area contributed by atoms with Crippen molar-refractivity contribution in [3.8, 4) is 0 Å². The monoisotopic (exact) mass is 286 g/mol. The lowest BCUT2D eigenvalue weighted by molar-refractivity contribution is -0.143. The molecule has 0 saturated heterocycles. The summed E-state index contributed by atoms with van der Waals surface area (Å²) in [5.74, 6) is 2.17. The fourth-order valence-electron chi connectivity index (χ4n) is 5.13. The highest BCUT2D eigenvalue weighted by Gasteiger charge is 2.53. The average Bonchev–Trinajstić information content (AvgIpc) is 2.25. The zero-order valence-corrected chi connectivity index (χ0v) is 12.0. The summed E-state index contributed by atoms with van der Waals surface area (Å²) in [6, 6.07) is 0. The first-order valence-corrected chi connectivity index (χ1v) is 8.96.